The number of thiazole rings is 1. The zero-order valence-corrected chi connectivity index (χ0v) is 22.5. The van der Waals surface area contributed by atoms with E-state index in [1.54, 1.807) is 23.3 Å². The number of ether oxygens (including phenoxy) is 2. The van der Waals surface area contributed by atoms with E-state index in [2.05, 4.69) is 4.98 Å². The molecule has 1 amide bonds. The maximum atomic E-state index is 13.7. The summed E-state index contributed by atoms with van der Waals surface area (Å²) < 4.78 is 44.3. The lowest BCUT2D eigenvalue weighted by Gasteiger charge is -2.22. The maximum absolute atomic E-state index is 13.7. The predicted octanol–water partition coefficient (Wildman–Crippen LogP) is 4.33. The number of carbonyl (C=O) groups excluding carboxylic acids is 1. The summed E-state index contributed by atoms with van der Waals surface area (Å²) in [4.78, 5) is 20.0. The third-order valence-corrected chi connectivity index (χ3v) is 8.69. The maximum Gasteiger partial charge on any atom is 0.260 e. The van der Waals surface area contributed by atoms with Crippen LogP contribution in [0.3, 0.4) is 0 Å². The molecule has 0 saturated heterocycles. The number of nitrogens with zero attached hydrogens (tertiary/aromatic N) is 3. The van der Waals surface area contributed by atoms with Gasteiger partial charge in [0.2, 0.25) is 10.0 Å². The minimum Gasteiger partial charge on any atom is -0.467 e. The van der Waals surface area contributed by atoms with Crippen molar-refractivity contribution in [1.82, 2.24) is 9.29 Å². The van der Waals surface area contributed by atoms with Crippen molar-refractivity contribution < 1.29 is 27.1 Å². The van der Waals surface area contributed by atoms with E-state index in [-0.39, 0.29) is 43.7 Å². The molecule has 0 bridgehead atoms. The highest BCUT2D eigenvalue weighted by molar-refractivity contribution is 7.89. The predicted molar refractivity (Wildman–Crippen MR) is 143 cm³/mol. The standard InChI is InChI=1S/C26H29N3O6S2/c1-19-6-11-23-24(17-19)36-26(27-23)29(18-21-5-4-14-35-21)25(30)20-7-9-22(10-8-20)37(31,32)28(12-15-33-2)13-16-34-3/h4-11,14,17H,12-13,15-16,18H2,1-3H3. The summed E-state index contributed by atoms with van der Waals surface area (Å²) in [5.41, 5.74) is 2.24. The van der Waals surface area contributed by atoms with E-state index >= 15 is 0 Å². The van der Waals surface area contributed by atoms with Crippen LogP contribution in [0.1, 0.15) is 21.7 Å². The number of methoxy groups -OCH3 is 2. The van der Waals surface area contributed by atoms with Gasteiger partial charge in [-0.25, -0.2) is 13.4 Å². The average Bonchev–Trinajstić information content (AvgIpc) is 3.56. The van der Waals surface area contributed by atoms with Crippen molar-refractivity contribution in [3.63, 3.8) is 0 Å². The van der Waals surface area contributed by atoms with Crippen LogP contribution in [0.15, 0.2) is 70.2 Å². The van der Waals surface area contributed by atoms with Crippen molar-refractivity contribution in [3.05, 3.63) is 77.7 Å². The minimum atomic E-state index is -3.80. The largest absolute Gasteiger partial charge is 0.467 e. The normalized spacial score (nSPS) is 11.9. The molecule has 0 spiro atoms. The van der Waals surface area contributed by atoms with Crippen LogP contribution in [0.25, 0.3) is 10.2 Å². The zero-order chi connectivity index (χ0) is 26.4. The Morgan fingerprint density at radius 1 is 1.03 bits per heavy atom. The molecule has 2 aromatic heterocycles. The fraction of sp³-hybridized carbons (Fsp3) is 0.308. The Bertz CT molecular complexity index is 1430. The number of amides is 1. The second-order valence-corrected chi connectivity index (χ2v) is 11.3. The Morgan fingerprint density at radius 3 is 2.35 bits per heavy atom. The third kappa shape index (κ3) is 6.25. The van der Waals surface area contributed by atoms with Crippen molar-refractivity contribution in [2.45, 2.75) is 18.4 Å². The summed E-state index contributed by atoms with van der Waals surface area (Å²) in [7, 11) is -0.767. The van der Waals surface area contributed by atoms with Crippen LogP contribution >= 0.6 is 11.3 Å². The van der Waals surface area contributed by atoms with Gasteiger partial charge in [-0.15, -0.1) is 0 Å². The first kappa shape index (κ1) is 27.0. The number of rotatable bonds is 12. The van der Waals surface area contributed by atoms with Gasteiger partial charge in [0.05, 0.1) is 41.1 Å². The van der Waals surface area contributed by atoms with E-state index in [1.165, 1.54) is 54.1 Å². The van der Waals surface area contributed by atoms with Crippen LogP contribution in [-0.4, -0.2) is 64.1 Å². The SMILES string of the molecule is COCCN(CCOC)S(=O)(=O)c1ccc(C(=O)N(Cc2ccco2)c2nc3ccc(C)cc3s2)cc1. The first-order chi connectivity index (χ1) is 17.8. The molecule has 4 aromatic rings. The molecule has 0 saturated carbocycles. The highest BCUT2D eigenvalue weighted by atomic mass is 32.2. The van der Waals surface area contributed by atoms with E-state index in [4.69, 9.17) is 13.9 Å². The van der Waals surface area contributed by atoms with E-state index < -0.39 is 10.0 Å². The van der Waals surface area contributed by atoms with Crippen molar-refractivity contribution in [3.8, 4) is 0 Å². The summed E-state index contributed by atoms with van der Waals surface area (Å²) in [6.45, 7) is 3.08. The first-order valence-corrected chi connectivity index (χ1v) is 13.9. The van der Waals surface area contributed by atoms with Gasteiger partial charge in [0, 0.05) is 32.9 Å². The molecule has 0 fully saturated rings. The zero-order valence-electron chi connectivity index (χ0n) is 20.9. The Morgan fingerprint density at radius 2 is 1.73 bits per heavy atom. The number of hydrogen-bond donors (Lipinski definition) is 0. The van der Waals surface area contributed by atoms with Gasteiger partial charge >= 0.3 is 0 Å². The molecular weight excluding hydrogens is 514 g/mol. The van der Waals surface area contributed by atoms with Crippen LogP contribution in [0.2, 0.25) is 0 Å². The molecule has 2 aromatic carbocycles. The van der Waals surface area contributed by atoms with Gasteiger partial charge in [0.25, 0.3) is 5.91 Å². The van der Waals surface area contributed by atoms with Gasteiger partial charge in [0.15, 0.2) is 5.13 Å². The second kappa shape index (κ2) is 12.0. The topological polar surface area (TPSA) is 102 Å². The number of fused-ring (bicyclic) bond motifs is 1. The highest BCUT2D eigenvalue weighted by Crippen LogP contribution is 2.31. The number of aryl methyl sites for hydroxylation is 1. The van der Waals surface area contributed by atoms with Gasteiger partial charge in [-0.2, -0.15) is 4.31 Å². The fourth-order valence-electron chi connectivity index (χ4n) is 3.73. The number of furan rings is 1. The molecule has 0 aliphatic heterocycles. The van der Waals surface area contributed by atoms with E-state index in [0.717, 1.165) is 15.8 Å². The summed E-state index contributed by atoms with van der Waals surface area (Å²) >= 11 is 1.42. The van der Waals surface area contributed by atoms with Crippen LogP contribution in [0.5, 0.6) is 0 Å². The van der Waals surface area contributed by atoms with Gasteiger partial charge in [-0.1, -0.05) is 17.4 Å². The fourth-order valence-corrected chi connectivity index (χ4v) is 6.20. The Balaban J connectivity index is 1.63. The van der Waals surface area contributed by atoms with E-state index in [9.17, 15) is 13.2 Å². The van der Waals surface area contributed by atoms with Crippen LogP contribution < -0.4 is 4.90 Å². The summed E-state index contributed by atoms with van der Waals surface area (Å²) in [6.07, 6.45) is 1.55. The summed E-state index contributed by atoms with van der Waals surface area (Å²) in [5.74, 6) is 0.293. The molecule has 0 N–H and O–H groups in total. The lowest BCUT2D eigenvalue weighted by molar-refractivity contribution is 0.0983. The first-order valence-electron chi connectivity index (χ1n) is 11.6. The van der Waals surface area contributed by atoms with Gasteiger partial charge in [0.1, 0.15) is 5.76 Å². The smallest absolute Gasteiger partial charge is 0.260 e. The molecule has 2 heterocycles. The number of sulfonamides is 1. The Labute approximate surface area is 220 Å². The van der Waals surface area contributed by atoms with Gasteiger partial charge in [-0.05, 0) is 61.0 Å². The van der Waals surface area contributed by atoms with Crippen molar-refractivity contribution in [2.75, 3.05) is 45.4 Å². The number of hydrogen-bond acceptors (Lipinski definition) is 8. The van der Waals surface area contributed by atoms with Crippen LogP contribution in [0.4, 0.5) is 5.13 Å². The Kier molecular flexibility index (Phi) is 8.72. The monoisotopic (exact) mass is 543 g/mol. The van der Waals surface area contributed by atoms with E-state index in [1.807, 2.05) is 25.1 Å². The van der Waals surface area contributed by atoms with E-state index in [0.29, 0.717) is 16.5 Å². The summed E-state index contributed by atoms with van der Waals surface area (Å²) in [6, 6.07) is 15.4. The number of anilines is 1. The summed E-state index contributed by atoms with van der Waals surface area (Å²) in [5, 5.41) is 0.531. The lowest BCUT2D eigenvalue weighted by Crippen LogP contribution is -2.36. The van der Waals surface area contributed by atoms with Crippen molar-refractivity contribution in [2.24, 2.45) is 0 Å². The van der Waals surface area contributed by atoms with Gasteiger partial charge < -0.3 is 13.9 Å². The molecule has 0 radical (unpaired) electrons. The van der Waals surface area contributed by atoms with Crippen LogP contribution in [-0.2, 0) is 26.0 Å². The molecule has 0 aliphatic carbocycles. The number of aromatic nitrogens is 1. The number of carbonyl (C=O) groups is 1. The van der Waals surface area contributed by atoms with Crippen molar-refractivity contribution in [1.29, 1.82) is 0 Å². The molecule has 0 unspecified atom stereocenters. The molecule has 0 aliphatic rings. The van der Waals surface area contributed by atoms with Crippen molar-refractivity contribution >= 4 is 42.6 Å². The molecule has 4 rings (SSSR count). The molecule has 196 valence electrons. The lowest BCUT2D eigenvalue weighted by atomic mass is 10.2. The minimum absolute atomic E-state index is 0.0873. The molecule has 9 nitrogen and oxygen atoms in total. The third-order valence-electron chi connectivity index (χ3n) is 5.73. The second-order valence-electron chi connectivity index (χ2n) is 8.35. The Hall–Kier alpha value is -3.09. The highest BCUT2D eigenvalue weighted by Gasteiger charge is 2.26. The number of benzene rings is 2. The van der Waals surface area contributed by atoms with Crippen LogP contribution in [0, 0.1) is 6.92 Å². The average molecular weight is 544 g/mol. The quantitative estimate of drug-likeness (QED) is 0.262. The molecular formula is C26H29N3O6S2. The molecule has 37 heavy (non-hydrogen) atoms. The van der Waals surface area contributed by atoms with Gasteiger partial charge in [-0.3, -0.25) is 9.69 Å². The molecule has 0 atom stereocenters. The molecule has 11 heteroatoms.